The zero-order valence-electron chi connectivity index (χ0n) is 11.6. The molecule has 0 heterocycles. The molecule has 20 heavy (non-hydrogen) atoms. The molecule has 0 aromatic heterocycles. The Bertz CT molecular complexity index is 424. The number of unbranched alkanes of at least 4 members (excludes halogenated alkanes) is 2. The van der Waals surface area contributed by atoms with Gasteiger partial charge in [-0.25, -0.2) is 0 Å². The number of nitrogens with zero attached hydrogens (tertiary/aromatic N) is 6. The number of aryl methyl sites for hydroxylation is 2. The van der Waals surface area contributed by atoms with E-state index in [1.54, 1.807) is 0 Å². The van der Waals surface area contributed by atoms with E-state index in [1.165, 1.54) is 11.1 Å². The van der Waals surface area contributed by atoms with Gasteiger partial charge >= 0.3 is 0 Å². The van der Waals surface area contributed by atoms with Gasteiger partial charge in [-0.05, 0) is 60.7 Å². The normalized spacial score (nSPS) is 9.60. The summed E-state index contributed by atoms with van der Waals surface area (Å²) in [5.74, 6) is 0. The predicted octanol–water partition coefficient (Wildman–Crippen LogP) is 4.95. The molecule has 0 saturated carbocycles. The van der Waals surface area contributed by atoms with Gasteiger partial charge in [-0.15, -0.1) is 0 Å². The molecular weight excluding hydrogens is 252 g/mol. The Morgan fingerprint density at radius 3 is 1.45 bits per heavy atom. The Balaban J connectivity index is 2.22. The summed E-state index contributed by atoms with van der Waals surface area (Å²) in [6, 6.07) is 8.65. The van der Waals surface area contributed by atoms with Crippen molar-refractivity contribution in [2.75, 3.05) is 13.1 Å². The third kappa shape index (κ3) is 7.31. The fraction of sp³-hybridized carbons (Fsp3) is 0.571. The molecule has 0 N–H and O–H groups in total. The van der Waals surface area contributed by atoms with E-state index in [-0.39, 0.29) is 0 Å². The third-order valence-electron chi connectivity index (χ3n) is 3.10. The number of hydrogen-bond acceptors (Lipinski definition) is 2. The molecule has 0 aliphatic heterocycles. The zero-order valence-corrected chi connectivity index (χ0v) is 11.6. The van der Waals surface area contributed by atoms with Crippen LogP contribution in [0.15, 0.2) is 34.5 Å². The molecule has 0 aliphatic rings. The second-order valence-corrected chi connectivity index (χ2v) is 4.64. The Kier molecular flexibility index (Phi) is 8.53. The minimum atomic E-state index is 0.583. The van der Waals surface area contributed by atoms with E-state index in [0.717, 1.165) is 38.5 Å². The summed E-state index contributed by atoms with van der Waals surface area (Å²) >= 11 is 0. The Labute approximate surface area is 119 Å². The molecule has 0 fully saturated rings. The SMILES string of the molecule is [N-]=[N+]=NCCCCc1ccc(CCCCN=[N+]=[N-])cc1. The largest absolute Gasteiger partial charge is 0.0940 e. The van der Waals surface area contributed by atoms with Crippen molar-refractivity contribution >= 4 is 0 Å². The van der Waals surface area contributed by atoms with Gasteiger partial charge in [0.1, 0.15) is 0 Å². The highest BCUT2D eigenvalue weighted by molar-refractivity contribution is 5.22. The summed E-state index contributed by atoms with van der Waals surface area (Å²) in [6.45, 7) is 1.17. The predicted molar refractivity (Wildman–Crippen MR) is 80.3 cm³/mol. The van der Waals surface area contributed by atoms with Crippen LogP contribution in [-0.4, -0.2) is 13.1 Å². The van der Waals surface area contributed by atoms with Crippen molar-refractivity contribution in [3.63, 3.8) is 0 Å². The average Bonchev–Trinajstić information content (AvgIpc) is 2.48. The Morgan fingerprint density at radius 2 is 1.10 bits per heavy atom. The smallest absolute Gasteiger partial charge is 0.0258 e. The first-order valence-electron chi connectivity index (χ1n) is 6.96. The minimum absolute atomic E-state index is 0.583. The van der Waals surface area contributed by atoms with Crippen LogP contribution in [0, 0.1) is 0 Å². The van der Waals surface area contributed by atoms with Crippen LogP contribution in [0.1, 0.15) is 36.8 Å². The van der Waals surface area contributed by atoms with E-state index >= 15 is 0 Å². The highest BCUT2D eigenvalue weighted by Crippen LogP contribution is 2.10. The van der Waals surface area contributed by atoms with Crippen molar-refractivity contribution in [1.29, 1.82) is 0 Å². The van der Waals surface area contributed by atoms with Gasteiger partial charge in [0.15, 0.2) is 0 Å². The molecule has 0 aliphatic carbocycles. The molecule has 6 heteroatoms. The van der Waals surface area contributed by atoms with Gasteiger partial charge in [0.2, 0.25) is 0 Å². The quantitative estimate of drug-likeness (QED) is 0.249. The third-order valence-corrected chi connectivity index (χ3v) is 3.10. The molecule has 0 radical (unpaired) electrons. The number of hydrogen-bond donors (Lipinski definition) is 0. The molecular formula is C14H20N6. The first-order valence-corrected chi connectivity index (χ1v) is 6.96. The molecule has 0 bridgehead atoms. The lowest BCUT2D eigenvalue weighted by Crippen LogP contribution is -1.91. The maximum atomic E-state index is 8.17. The standard InChI is InChI=1S/C14H20N6/c15-19-17-11-3-1-5-13-7-9-14(10-8-13)6-2-4-12-18-20-16/h7-10H,1-6,11-12H2. The van der Waals surface area contributed by atoms with Gasteiger partial charge in [-0.1, -0.05) is 34.5 Å². The summed E-state index contributed by atoms with van der Waals surface area (Å²) in [5.41, 5.74) is 19.0. The van der Waals surface area contributed by atoms with E-state index < -0.39 is 0 Å². The fourth-order valence-electron chi connectivity index (χ4n) is 1.99. The molecule has 1 aromatic carbocycles. The van der Waals surface area contributed by atoms with Crippen molar-refractivity contribution in [1.82, 2.24) is 0 Å². The van der Waals surface area contributed by atoms with E-state index in [0.29, 0.717) is 13.1 Å². The zero-order chi connectivity index (χ0) is 14.5. The van der Waals surface area contributed by atoms with Crippen LogP contribution in [0.25, 0.3) is 20.9 Å². The molecule has 1 aromatic rings. The second kappa shape index (κ2) is 10.7. The maximum absolute atomic E-state index is 8.17. The van der Waals surface area contributed by atoms with E-state index in [2.05, 4.69) is 44.3 Å². The average molecular weight is 272 g/mol. The summed E-state index contributed by atoms with van der Waals surface area (Å²) < 4.78 is 0. The summed E-state index contributed by atoms with van der Waals surface area (Å²) in [5, 5.41) is 7.05. The molecule has 6 nitrogen and oxygen atoms in total. The van der Waals surface area contributed by atoms with E-state index in [1.807, 2.05) is 0 Å². The van der Waals surface area contributed by atoms with Gasteiger partial charge in [-0.2, -0.15) is 0 Å². The van der Waals surface area contributed by atoms with Crippen molar-refractivity contribution in [2.45, 2.75) is 38.5 Å². The minimum Gasteiger partial charge on any atom is -0.0940 e. The van der Waals surface area contributed by atoms with Crippen LogP contribution in [0.4, 0.5) is 0 Å². The first-order chi connectivity index (χ1) is 9.86. The van der Waals surface area contributed by atoms with E-state index in [4.69, 9.17) is 11.1 Å². The van der Waals surface area contributed by atoms with Crippen molar-refractivity contribution < 1.29 is 0 Å². The topological polar surface area (TPSA) is 97.5 Å². The van der Waals surface area contributed by atoms with E-state index in [9.17, 15) is 0 Å². The van der Waals surface area contributed by atoms with Gasteiger partial charge < -0.3 is 0 Å². The molecule has 106 valence electrons. The Hall–Kier alpha value is -2.16. The number of benzene rings is 1. The number of rotatable bonds is 10. The van der Waals surface area contributed by atoms with Crippen molar-refractivity contribution in [3.05, 3.63) is 56.3 Å². The molecule has 0 amide bonds. The second-order valence-electron chi connectivity index (χ2n) is 4.64. The summed E-state index contributed by atoms with van der Waals surface area (Å²) in [7, 11) is 0. The molecule has 0 atom stereocenters. The molecule has 0 unspecified atom stereocenters. The van der Waals surface area contributed by atoms with Gasteiger partial charge in [0, 0.05) is 22.9 Å². The van der Waals surface area contributed by atoms with Crippen LogP contribution in [0.3, 0.4) is 0 Å². The van der Waals surface area contributed by atoms with Crippen LogP contribution < -0.4 is 0 Å². The maximum Gasteiger partial charge on any atom is 0.0258 e. The van der Waals surface area contributed by atoms with Gasteiger partial charge in [0.05, 0.1) is 0 Å². The first kappa shape index (κ1) is 15.9. The Morgan fingerprint density at radius 1 is 0.700 bits per heavy atom. The van der Waals surface area contributed by atoms with Crippen LogP contribution >= 0.6 is 0 Å². The van der Waals surface area contributed by atoms with Crippen LogP contribution in [0.5, 0.6) is 0 Å². The van der Waals surface area contributed by atoms with Crippen molar-refractivity contribution in [2.24, 2.45) is 10.2 Å². The lowest BCUT2D eigenvalue weighted by atomic mass is 10.0. The van der Waals surface area contributed by atoms with Crippen LogP contribution in [0.2, 0.25) is 0 Å². The monoisotopic (exact) mass is 272 g/mol. The molecule has 0 spiro atoms. The summed E-state index contributed by atoms with van der Waals surface area (Å²) in [4.78, 5) is 5.48. The lowest BCUT2D eigenvalue weighted by molar-refractivity contribution is 0.736. The fourth-order valence-corrected chi connectivity index (χ4v) is 1.99. The highest BCUT2D eigenvalue weighted by Gasteiger charge is 1.96. The molecule has 0 saturated heterocycles. The lowest BCUT2D eigenvalue weighted by Gasteiger charge is -2.04. The highest BCUT2D eigenvalue weighted by atomic mass is 15.1. The number of azide groups is 2. The van der Waals surface area contributed by atoms with Crippen molar-refractivity contribution in [3.8, 4) is 0 Å². The van der Waals surface area contributed by atoms with Gasteiger partial charge in [0.25, 0.3) is 0 Å². The molecule has 1 rings (SSSR count). The van der Waals surface area contributed by atoms with Gasteiger partial charge in [-0.3, -0.25) is 0 Å². The summed E-state index contributed by atoms with van der Waals surface area (Å²) in [6.07, 6.45) is 6.02. The van der Waals surface area contributed by atoms with Crippen LogP contribution in [-0.2, 0) is 12.8 Å².